The van der Waals surface area contributed by atoms with Gasteiger partial charge in [0.2, 0.25) is 0 Å². The van der Waals surface area contributed by atoms with E-state index in [1.165, 1.54) is 16.8 Å². The molecule has 1 radical (unpaired) electrons. The molecule has 0 saturated carbocycles. The molecule has 2 aromatic rings. The summed E-state index contributed by atoms with van der Waals surface area (Å²) in [5.41, 5.74) is 4.99. The number of hydrogen-bond donors (Lipinski definition) is 1. The van der Waals surface area contributed by atoms with Crippen LogP contribution in [0.25, 0.3) is 0 Å². The van der Waals surface area contributed by atoms with E-state index in [2.05, 4.69) is 37.2 Å². The number of methoxy groups -OCH3 is 1. The van der Waals surface area contributed by atoms with Crippen molar-refractivity contribution in [1.82, 2.24) is 5.32 Å². The van der Waals surface area contributed by atoms with Crippen LogP contribution in [0.3, 0.4) is 0 Å². The fraction of sp³-hybridized carbons (Fsp3) is 0.368. The van der Waals surface area contributed by atoms with Crippen molar-refractivity contribution in [3.63, 3.8) is 0 Å². The van der Waals surface area contributed by atoms with Crippen LogP contribution in [0, 0.1) is 0 Å². The van der Waals surface area contributed by atoms with Crippen LogP contribution in [-0.4, -0.2) is 32.9 Å². The predicted octanol–water partition coefficient (Wildman–Crippen LogP) is 2.91. The van der Waals surface area contributed by atoms with Crippen molar-refractivity contribution in [1.29, 1.82) is 0 Å². The number of hydrogen-bond acceptors (Lipinski definition) is 3. The van der Waals surface area contributed by atoms with Crippen molar-refractivity contribution in [3.8, 4) is 11.5 Å². The molecule has 4 nitrogen and oxygen atoms in total. The Morgan fingerprint density at radius 2 is 2.04 bits per heavy atom. The Balaban J connectivity index is 1.84. The number of phenols is 1. The summed E-state index contributed by atoms with van der Waals surface area (Å²) in [6, 6.07) is 12.3. The molecule has 1 aliphatic heterocycles. The Kier molecular flexibility index (Phi) is 4.44. The Bertz CT molecular complexity index is 698. The zero-order valence-electron chi connectivity index (χ0n) is 13.9. The average molecular weight is 311 g/mol. The molecule has 23 heavy (non-hydrogen) atoms. The number of aromatic hydroxyl groups is 1. The maximum atomic E-state index is 9.95. The summed E-state index contributed by atoms with van der Waals surface area (Å²) < 4.78 is 5.10. The standard InChI is InChI=1S/C19H23N2O2/c1-21(2)15-5-6-16-14(12-15)8-9-20-17(16)10-13-4-7-19(23-3)18(22)11-13/h4-7,11-12,17,22H,8-10H2,1-3H3. The van der Waals surface area contributed by atoms with Gasteiger partial charge in [-0.1, -0.05) is 12.1 Å². The summed E-state index contributed by atoms with van der Waals surface area (Å²) in [5, 5.41) is 14.7. The van der Waals surface area contributed by atoms with Crippen LogP contribution in [0.1, 0.15) is 22.7 Å². The van der Waals surface area contributed by atoms with Gasteiger partial charge in [0.1, 0.15) is 0 Å². The first-order valence-electron chi connectivity index (χ1n) is 7.91. The van der Waals surface area contributed by atoms with Crippen molar-refractivity contribution >= 4 is 5.69 Å². The van der Waals surface area contributed by atoms with Crippen LogP contribution in [0.2, 0.25) is 0 Å². The Hall–Kier alpha value is -2.20. The zero-order valence-corrected chi connectivity index (χ0v) is 13.9. The van der Waals surface area contributed by atoms with E-state index in [9.17, 15) is 5.11 Å². The number of nitrogens with zero attached hydrogens (tertiary/aromatic N) is 2. The molecular weight excluding hydrogens is 288 g/mol. The van der Waals surface area contributed by atoms with Crippen molar-refractivity contribution in [2.45, 2.75) is 18.9 Å². The normalized spacial score (nSPS) is 16.7. The number of fused-ring (bicyclic) bond motifs is 1. The van der Waals surface area contributed by atoms with Gasteiger partial charge in [-0.2, -0.15) is 0 Å². The second-order valence-electron chi connectivity index (χ2n) is 6.16. The Morgan fingerprint density at radius 3 is 2.74 bits per heavy atom. The van der Waals surface area contributed by atoms with Gasteiger partial charge in [-0.25, -0.2) is 5.32 Å². The molecule has 0 spiro atoms. The van der Waals surface area contributed by atoms with Gasteiger partial charge in [0, 0.05) is 26.3 Å². The molecule has 1 unspecified atom stereocenters. The minimum atomic E-state index is 0.155. The first-order chi connectivity index (χ1) is 11.1. The number of phenolic OH excluding ortho intramolecular Hbond substituents is 1. The second kappa shape index (κ2) is 6.50. The molecule has 1 aliphatic rings. The van der Waals surface area contributed by atoms with Gasteiger partial charge in [-0.05, 0) is 53.8 Å². The van der Waals surface area contributed by atoms with E-state index < -0.39 is 0 Å². The number of benzene rings is 2. The SMILES string of the molecule is COc1ccc(CC2[N]CCc3cc(N(C)C)ccc32)cc1O. The summed E-state index contributed by atoms with van der Waals surface area (Å²) in [6.45, 7) is 0.858. The lowest BCUT2D eigenvalue weighted by molar-refractivity contribution is 0.372. The van der Waals surface area contributed by atoms with Crippen LogP contribution in [0.5, 0.6) is 11.5 Å². The van der Waals surface area contributed by atoms with E-state index >= 15 is 0 Å². The van der Waals surface area contributed by atoms with E-state index in [1.54, 1.807) is 13.2 Å². The molecule has 0 aliphatic carbocycles. The molecule has 0 amide bonds. The van der Waals surface area contributed by atoms with Crippen molar-refractivity contribution in [2.24, 2.45) is 0 Å². The minimum Gasteiger partial charge on any atom is -0.504 e. The summed E-state index contributed by atoms with van der Waals surface area (Å²) in [6.07, 6.45) is 1.80. The lowest BCUT2D eigenvalue weighted by atomic mass is 9.90. The summed E-state index contributed by atoms with van der Waals surface area (Å²) in [7, 11) is 5.68. The number of anilines is 1. The second-order valence-corrected chi connectivity index (χ2v) is 6.16. The van der Waals surface area contributed by atoms with Crippen LogP contribution in [0.4, 0.5) is 5.69 Å². The van der Waals surface area contributed by atoms with E-state index in [1.807, 2.05) is 12.1 Å². The molecule has 1 heterocycles. The fourth-order valence-corrected chi connectivity index (χ4v) is 3.11. The van der Waals surface area contributed by atoms with Crippen molar-refractivity contribution in [3.05, 3.63) is 53.1 Å². The first-order valence-corrected chi connectivity index (χ1v) is 7.91. The van der Waals surface area contributed by atoms with Gasteiger partial charge >= 0.3 is 0 Å². The molecule has 0 aromatic heterocycles. The van der Waals surface area contributed by atoms with Gasteiger partial charge in [0.15, 0.2) is 11.5 Å². The molecule has 4 heteroatoms. The maximum Gasteiger partial charge on any atom is 0.160 e. The van der Waals surface area contributed by atoms with Crippen LogP contribution in [0.15, 0.2) is 36.4 Å². The Labute approximate surface area is 137 Å². The molecular formula is C19H23N2O2. The maximum absolute atomic E-state index is 9.95. The average Bonchev–Trinajstić information content (AvgIpc) is 2.55. The molecule has 1 atom stereocenters. The third-order valence-electron chi connectivity index (χ3n) is 4.40. The van der Waals surface area contributed by atoms with Crippen molar-refractivity contribution in [2.75, 3.05) is 32.6 Å². The van der Waals surface area contributed by atoms with Crippen molar-refractivity contribution < 1.29 is 9.84 Å². The molecule has 1 N–H and O–H groups in total. The lowest BCUT2D eigenvalue weighted by Crippen LogP contribution is -2.26. The van der Waals surface area contributed by atoms with E-state index in [-0.39, 0.29) is 11.8 Å². The smallest absolute Gasteiger partial charge is 0.160 e. The molecule has 3 rings (SSSR count). The molecule has 0 saturated heterocycles. The summed E-state index contributed by atoms with van der Waals surface area (Å²) >= 11 is 0. The largest absolute Gasteiger partial charge is 0.504 e. The predicted molar refractivity (Wildman–Crippen MR) is 92.6 cm³/mol. The lowest BCUT2D eigenvalue weighted by Gasteiger charge is -2.27. The minimum absolute atomic E-state index is 0.155. The summed E-state index contributed by atoms with van der Waals surface area (Å²) in [5.74, 6) is 0.689. The molecule has 2 aromatic carbocycles. The monoisotopic (exact) mass is 311 g/mol. The quantitative estimate of drug-likeness (QED) is 0.944. The third kappa shape index (κ3) is 3.27. The van der Waals surface area contributed by atoms with Gasteiger partial charge in [-0.3, -0.25) is 0 Å². The van der Waals surface area contributed by atoms with Crippen LogP contribution >= 0.6 is 0 Å². The van der Waals surface area contributed by atoms with E-state index in [4.69, 9.17) is 10.1 Å². The number of ether oxygens (including phenoxy) is 1. The first kappa shape index (κ1) is 15.7. The highest BCUT2D eigenvalue weighted by molar-refractivity contribution is 5.52. The number of rotatable bonds is 4. The van der Waals surface area contributed by atoms with Gasteiger partial charge in [0.25, 0.3) is 0 Å². The summed E-state index contributed by atoms with van der Waals surface area (Å²) in [4.78, 5) is 2.13. The highest BCUT2D eigenvalue weighted by Gasteiger charge is 2.22. The van der Waals surface area contributed by atoms with Gasteiger partial charge in [0.05, 0.1) is 13.2 Å². The van der Waals surface area contributed by atoms with E-state index in [0.717, 1.165) is 24.9 Å². The molecule has 0 fully saturated rings. The third-order valence-corrected chi connectivity index (χ3v) is 4.40. The van der Waals surface area contributed by atoms with Crippen LogP contribution < -0.4 is 15.0 Å². The van der Waals surface area contributed by atoms with E-state index in [0.29, 0.717) is 5.75 Å². The topological polar surface area (TPSA) is 46.8 Å². The fourth-order valence-electron chi connectivity index (χ4n) is 3.11. The zero-order chi connectivity index (χ0) is 16.4. The van der Waals surface area contributed by atoms with Gasteiger partial charge < -0.3 is 14.7 Å². The highest BCUT2D eigenvalue weighted by atomic mass is 16.5. The highest BCUT2D eigenvalue weighted by Crippen LogP contribution is 2.32. The Morgan fingerprint density at radius 1 is 1.22 bits per heavy atom. The van der Waals surface area contributed by atoms with Crippen LogP contribution in [-0.2, 0) is 12.8 Å². The molecule has 0 bridgehead atoms. The van der Waals surface area contributed by atoms with Gasteiger partial charge in [-0.15, -0.1) is 0 Å². The molecule has 121 valence electrons.